The van der Waals surface area contributed by atoms with Crippen LogP contribution in [0.3, 0.4) is 0 Å². The van der Waals surface area contributed by atoms with Crippen molar-refractivity contribution in [3.8, 4) is 0 Å². The molecule has 0 amide bonds. The number of hydrogen-bond donors (Lipinski definition) is 1. The zero-order valence-electron chi connectivity index (χ0n) is 17.3. The van der Waals surface area contributed by atoms with E-state index in [9.17, 15) is 10.1 Å². The van der Waals surface area contributed by atoms with Gasteiger partial charge in [-0.05, 0) is 53.6 Å². The van der Waals surface area contributed by atoms with E-state index in [1.54, 1.807) is 18.2 Å². The van der Waals surface area contributed by atoms with E-state index < -0.39 is 0 Å². The van der Waals surface area contributed by atoms with Crippen LogP contribution < -0.4 is 5.32 Å². The smallest absolute Gasteiger partial charge is 0.269 e. The number of fused-ring (bicyclic) bond motifs is 3. The third kappa shape index (κ3) is 3.86. The first-order valence-electron chi connectivity index (χ1n) is 10.6. The van der Waals surface area contributed by atoms with E-state index in [1.165, 1.54) is 27.3 Å². The normalized spacial score (nSPS) is 21.3. The van der Waals surface area contributed by atoms with E-state index in [0.29, 0.717) is 11.8 Å². The molecule has 2 aliphatic rings. The molecule has 0 saturated carbocycles. The fourth-order valence-corrected chi connectivity index (χ4v) is 5.74. The van der Waals surface area contributed by atoms with Gasteiger partial charge >= 0.3 is 0 Å². The van der Waals surface area contributed by atoms with Crippen LogP contribution in [0, 0.1) is 23.0 Å². The number of non-ortho nitro benzene ring substituents is 1. The van der Waals surface area contributed by atoms with Crippen molar-refractivity contribution in [2.45, 2.75) is 36.0 Å². The van der Waals surface area contributed by atoms with Gasteiger partial charge in [0.1, 0.15) is 0 Å². The van der Waals surface area contributed by atoms with Gasteiger partial charge in [-0.2, -0.15) is 0 Å². The molecule has 0 spiro atoms. The summed E-state index contributed by atoms with van der Waals surface area (Å²) in [6, 6.07) is 22.3. The van der Waals surface area contributed by atoms with Crippen molar-refractivity contribution in [2.24, 2.45) is 5.92 Å². The van der Waals surface area contributed by atoms with E-state index in [1.807, 2.05) is 23.9 Å². The highest BCUT2D eigenvalue weighted by atomic mass is 32.2. The van der Waals surface area contributed by atoms with Gasteiger partial charge in [-0.25, -0.2) is 0 Å². The fraction of sp³-hybridized carbons (Fsp3) is 0.231. The van der Waals surface area contributed by atoms with Crippen LogP contribution in [0.25, 0.3) is 0 Å². The van der Waals surface area contributed by atoms with E-state index >= 15 is 0 Å². The summed E-state index contributed by atoms with van der Waals surface area (Å²) in [5.74, 6) is 1.64. The molecule has 0 aromatic heterocycles. The lowest BCUT2D eigenvalue weighted by Gasteiger charge is -2.38. The van der Waals surface area contributed by atoms with Crippen molar-refractivity contribution in [2.75, 3.05) is 5.32 Å². The van der Waals surface area contributed by atoms with E-state index in [2.05, 4.69) is 60.8 Å². The van der Waals surface area contributed by atoms with Crippen molar-refractivity contribution >= 4 is 23.1 Å². The predicted molar refractivity (Wildman–Crippen MR) is 127 cm³/mol. The highest BCUT2D eigenvalue weighted by molar-refractivity contribution is 7.98. The first-order valence-corrected chi connectivity index (χ1v) is 11.6. The molecule has 4 nitrogen and oxygen atoms in total. The monoisotopic (exact) mass is 428 g/mol. The van der Waals surface area contributed by atoms with Crippen molar-refractivity contribution < 1.29 is 4.92 Å². The molecule has 5 heteroatoms. The minimum absolute atomic E-state index is 0.0654. The number of nitrogens with one attached hydrogen (secondary N) is 1. The van der Waals surface area contributed by atoms with E-state index in [-0.39, 0.29) is 16.7 Å². The molecule has 5 rings (SSSR count). The van der Waals surface area contributed by atoms with Crippen molar-refractivity contribution in [3.05, 3.63) is 111 Å². The van der Waals surface area contributed by atoms with E-state index in [0.717, 1.165) is 17.7 Å². The maximum atomic E-state index is 11.3. The molecule has 1 aliphatic heterocycles. The van der Waals surface area contributed by atoms with Gasteiger partial charge in [-0.15, -0.1) is 11.8 Å². The summed E-state index contributed by atoms with van der Waals surface area (Å²) < 4.78 is 0. The topological polar surface area (TPSA) is 55.2 Å². The minimum Gasteiger partial charge on any atom is -0.377 e. The summed E-state index contributed by atoms with van der Waals surface area (Å²) in [6.45, 7) is 2.16. The molecule has 1 N–H and O–H groups in total. The Balaban J connectivity index is 1.47. The quantitative estimate of drug-likeness (QED) is 0.205. The van der Waals surface area contributed by atoms with Crippen molar-refractivity contribution in [1.82, 2.24) is 0 Å². The number of anilines is 1. The second-order valence-electron chi connectivity index (χ2n) is 8.31. The number of rotatable bonds is 5. The third-order valence-electron chi connectivity index (χ3n) is 6.31. The van der Waals surface area contributed by atoms with Gasteiger partial charge in [0, 0.05) is 34.4 Å². The zero-order valence-corrected chi connectivity index (χ0v) is 18.1. The number of nitro groups is 1. The molecule has 0 unspecified atom stereocenters. The van der Waals surface area contributed by atoms with Crippen LogP contribution in [0.15, 0.2) is 83.8 Å². The van der Waals surface area contributed by atoms with Gasteiger partial charge in [0.05, 0.1) is 11.0 Å². The third-order valence-corrected chi connectivity index (χ3v) is 7.40. The number of hydrogen-bond acceptors (Lipinski definition) is 4. The van der Waals surface area contributed by atoms with Crippen LogP contribution in [0.4, 0.5) is 11.4 Å². The molecule has 3 atom stereocenters. The molecule has 1 heterocycles. The van der Waals surface area contributed by atoms with Crippen LogP contribution in [-0.4, -0.2) is 4.92 Å². The van der Waals surface area contributed by atoms with Crippen LogP contribution in [0.1, 0.15) is 40.6 Å². The highest BCUT2D eigenvalue weighted by Gasteiger charge is 2.38. The maximum absolute atomic E-state index is 11.3. The average molecular weight is 429 g/mol. The second-order valence-corrected chi connectivity index (χ2v) is 9.36. The molecule has 3 aromatic carbocycles. The molecule has 3 aromatic rings. The number of nitrogens with zero attached hydrogens (tertiary/aromatic N) is 1. The average Bonchev–Trinajstić information content (AvgIpc) is 3.28. The Kier molecular flexibility index (Phi) is 5.28. The number of aryl methyl sites for hydroxylation is 1. The Bertz CT molecular complexity index is 1160. The van der Waals surface area contributed by atoms with Crippen molar-refractivity contribution in [3.63, 3.8) is 0 Å². The molecule has 31 heavy (non-hydrogen) atoms. The molecule has 0 fully saturated rings. The largest absolute Gasteiger partial charge is 0.377 e. The Morgan fingerprint density at radius 1 is 1.10 bits per heavy atom. The highest BCUT2D eigenvalue weighted by Crippen LogP contribution is 2.51. The van der Waals surface area contributed by atoms with Gasteiger partial charge in [0.15, 0.2) is 0 Å². The summed E-state index contributed by atoms with van der Waals surface area (Å²) in [6.07, 6.45) is 5.56. The van der Waals surface area contributed by atoms with Crippen LogP contribution in [0.5, 0.6) is 0 Å². The molecule has 0 saturated heterocycles. The molecule has 0 radical (unpaired) electrons. The molecule has 156 valence electrons. The second kappa shape index (κ2) is 8.23. The van der Waals surface area contributed by atoms with Crippen molar-refractivity contribution in [1.29, 1.82) is 0 Å². The van der Waals surface area contributed by atoms with Crippen LogP contribution >= 0.6 is 11.8 Å². The Hall–Kier alpha value is -3.05. The number of benzene rings is 3. The van der Waals surface area contributed by atoms with Crippen LogP contribution in [0.2, 0.25) is 0 Å². The summed E-state index contributed by atoms with van der Waals surface area (Å²) in [7, 11) is 0. The Labute approximate surface area is 186 Å². The SMILES string of the molecule is Cc1cc(CSc2ccccc2)cc2c1N[C@H](c1cccc([N+](=O)[O-])c1)[C@@H]1CC=C[C@@H]21. The molecule has 1 aliphatic carbocycles. The lowest BCUT2D eigenvalue weighted by Crippen LogP contribution is -2.29. The van der Waals surface area contributed by atoms with Gasteiger partial charge in [-0.3, -0.25) is 10.1 Å². The molecular weight excluding hydrogens is 404 g/mol. The van der Waals surface area contributed by atoms with E-state index in [4.69, 9.17) is 0 Å². The molecular formula is C26H24N2O2S. The number of thioether (sulfide) groups is 1. The standard InChI is InChI=1S/C26H24N2O2S/c1-17-13-18(16-31-21-9-3-2-4-10-21)14-24-22-11-6-12-23(22)26(27-25(17)24)19-7-5-8-20(15-19)28(29)30/h2-11,13-15,22-23,26-27H,12,16H2,1H3/t22-,23-,26-/m1/s1. The Morgan fingerprint density at radius 2 is 1.94 bits per heavy atom. The first kappa shape index (κ1) is 19.9. The predicted octanol–water partition coefficient (Wildman–Crippen LogP) is 7.02. The summed E-state index contributed by atoms with van der Waals surface area (Å²) in [5.41, 5.74) is 6.23. The van der Waals surface area contributed by atoms with Gasteiger partial charge in [-0.1, -0.05) is 54.6 Å². The fourth-order valence-electron chi connectivity index (χ4n) is 4.89. The minimum atomic E-state index is -0.313. The summed E-state index contributed by atoms with van der Waals surface area (Å²) >= 11 is 1.86. The maximum Gasteiger partial charge on any atom is 0.269 e. The van der Waals surface area contributed by atoms with Gasteiger partial charge in [0.25, 0.3) is 5.69 Å². The lowest BCUT2D eigenvalue weighted by molar-refractivity contribution is -0.384. The van der Waals surface area contributed by atoms with Gasteiger partial charge < -0.3 is 5.32 Å². The molecule has 0 bridgehead atoms. The zero-order chi connectivity index (χ0) is 21.4. The number of nitro benzene ring substituents is 1. The lowest BCUT2D eigenvalue weighted by atomic mass is 9.76. The summed E-state index contributed by atoms with van der Waals surface area (Å²) in [4.78, 5) is 12.3. The van der Waals surface area contributed by atoms with Gasteiger partial charge in [0.2, 0.25) is 0 Å². The Morgan fingerprint density at radius 3 is 2.74 bits per heavy atom. The first-order chi connectivity index (χ1) is 15.1. The summed E-state index contributed by atoms with van der Waals surface area (Å²) in [5, 5.41) is 15.0. The number of allylic oxidation sites excluding steroid dienone is 2. The van der Waals surface area contributed by atoms with Crippen LogP contribution in [-0.2, 0) is 5.75 Å².